The second kappa shape index (κ2) is 22.9. The third kappa shape index (κ3) is 12.9. The molecule has 12 heteroatoms. The van der Waals surface area contributed by atoms with Crippen LogP contribution in [0.4, 0.5) is 0 Å². The third-order valence-corrected chi connectivity index (χ3v) is 21.0. The van der Waals surface area contributed by atoms with E-state index in [1.165, 1.54) is 0 Å². The first-order valence-electron chi connectivity index (χ1n) is 23.8. The summed E-state index contributed by atoms with van der Waals surface area (Å²) in [6, 6.07) is 27.0. The van der Waals surface area contributed by atoms with E-state index in [1.54, 1.807) is 21.3 Å². The Morgan fingerprint density at radius 2 is 1.38 bits per heavy atom. The first-order chi connectivity index (χ1) is 31.2. The molecule has 366 valence electrons. The highest BCUT2D eigenvalue weighted by molar-refractivity contribution is 6.76. The van der Waals surface area contributed by atoms with Crippen LogP contribution in [0.5, 0.6) is 11.5 Å². The zero-order valence-corrected chi connectivity index (χ0v) is 44.4. The van der Waals surface area contributed by atoms with Gasteiger partial charge in [0.2, 0.25) is 0 Å². The Bertz CT molecular complexity index is 1970. The number of benzene rings is 3. The molecule has 0 aromatic heterocycles. The van der Waals surface area contributed by atoms with Crippen molar-refractivity contribution in [2.75, 3.05) is 47.9 Å². The molecule has 0 amide bonds. The molecular weight excluding hydrogens is 865 g/mol. The van der Waals surface area contributed by atoms with Crippen molar-refractivity contribution >= 4 is 16.4 Å². The van der Waals surface area contributed by atoms with E-state index in [0.717, 1.165) is 47.1 Å². The molecule has 2 aliphatic rings. The molecule has 3 aromatic rings. The third-order valence-electron chi connectivity index (χ3n) is 14.8. The SMILES string of the molecule is COCO[C@@H]1[C@H]2CC[C@@](/C=C\OCC[Si](C)(C)C)(C2(C)C)[C@@]1(O)/C=C\[C@@](COCc1ccc(OC)cc1)(OCc1ccccc1)[C@@H](CCO[Si](C)(C)C(C)(C)C)OCc1ccc(OC)cc1. The number of hydrogen-bond acceptors (Lipinski definition) is 10. The monoisotopic (exact) mass is 947 g/mol. The molecule has 0 radical (unpaired) electrons. The van der Waals surface area contributed by atoms with E-state index in [1.807, 2.05) is 85.1 Å². The second-order valence-corrected chi connectivity index (χ2v) is 32.0. The van der Waals surface area contributed by atoms with Gasteiger partial charge >= 0.3 is 0 Å². The van der Waals surface area contributed by atoms with Gasteiger partial charge in [0.15, 0.2) is 8.32 Å². The molecule has 0 saturated heterocycles. The van der Waals surface area contributed by atoms with E-state index in [-0.39, 0.29) is 43.0 Å². The van der Waals surface area contributed by atoms with Gasteiger partial charge in [0.05, 0.1) is 65.7 Å². The highest BCUT2D eigenvalue weighted by atomic mass is 28.4. The Morgan fingerprint density at radius 1 is 0.773 bits per heavy atom. The first kappa shape index (κ1) is 53.6. The molecule has 3 aromatic carbocycles. The predicted molar refractivity (Wildman–Crippen MR) is 269 cm³/mol. The van der Waals surface area contributed by atoms with Crippen molar-refractivity contribution in [3.05, 3.63) is 120 Å². The Hall–Kier alpha value is -3.31. The minimum atomic E-state index is -2.17. The van der Waals surface area contributed by atoms with Crippen molar-refractivity contribution in [2.24, 2.45) is 16.7 Å². The summed E-state index contributed by atoms with van der Waals surface area (Å²) in [5.41, 5.74) is -0.932. The normalized spacial score (nSPS) is 23.4. The molecule has 2 bridgehead atoms. The van der Waals surface area contributed by atoms with E-state index in [0.29, 0.717) is 26.2 Å². The van der Waals surface area contributed by atoms with Crippen LogP contribution < -0.4 is 9.47 Å². The summed E-state index contributed by atoms with van der Waals surface area (Å²) in [6.45, 7) is 24.9. The minimum absolute atomic E-state index is 0.00400. The summed E-state index contributed by atoms with van der Waals surface area (Å²) in [4.78, 5) is 0. The Labute approximate surface area is 399 Å². The van der Waals surface area contributed by atoms with Gasteiger partial charge < -0.3 is 47.4 Å². The molecule has 0 aliphatic heterocycles. The maximum Gasteiger partial charge on any atom is 0.191 e. The van der Waals surface area contributed by atoms with Crippen LogP contribution >= 0.6 is 0 Å². The van der Waals surface area contributed by atoms with E-state index >= 15 is 0 Å². The molecular formula is C54H82O10Si2. The van der Waals surface area contributed by atoms with Crippen molar-refractivity contribution < 1.29 is 47.4 Å². The lowest BCUT2D eigenvalue weighted by Crippen LogP contribution is -2.55. The maximum absolute atomic E-state index is 13.7. The van der Waals surface area contributed by atoms with E-state index in [4.69, 9.17) is 42.3 Å². The number of methoxy groups -OCH3 is 3. The van der Waals surface area contributed by atoms with Crippen LogP contribution in [0.25, 0.3) is 0 Å². The quantitative estimate of drug-likeness (QED) is 0.0261. The number of hydrogen-bond donors (Lipinski definition) is 1. The molecule has 5 rings (SSSR count). The zero-order valence-electron chi connectivity index (χ0n) is 42.4. The van der Waals surface area contributed by atoms with E-state index in [9.17, 15) is 5.11 Å². The minimum Gasteiger partial charge on any atom is -0.502 e. The van der Waals surface area contributed by atoms with Crippen molar-refractivity contribution in [1.82, 2.24) is 0 Å². The summed E-state index contributed by atoms with van der Waals surface area (Å²) in [5.74, 6) is 1.57. The van der Waals surface area contributed by atoms with E-state index < -0.39 is 45.2 Å². The number of rotatable bonds is 27. The highest BCUT2D eigenvalue weighted by Crippen LogP contribution is 2.71. The summed E-state index contributed by atoms with van der Waals surface area (Å²) >= 11 is 0. The molecule has 0 heterocycles. The molecule has 1 N–H and O–H groups in total. The topological polar surface area (TPSA) is 103 Å². The van der Waals surface area contributed by atoms with Crippen molar-refractivity contribution in [3.63, 3.8) is 0 Å². The summed E-state index contributed by atoms with van der Waals surface area (Å²) < 4.78 is 57.4. The number of aliphatic hydroxyl groups is 1. The fourth-order valence-corrected chi connectivity index (χ4v) is 11.2. The molecule has 6 atom stereocenters. The molecule has 0 spiro atoms. The van der Waals surface area contributed by atoms with Gasteiger partial charge in [-0.2, -0.15) is 0 Å². The maximum atomic E-state index is 13.7. The van der Waals surface area contributed by atoms with E-state index in [2.05, 4.69) is 85.6 Å². The summed E-state index contributed by atoms with van der Waals surface area (Å²) in [7, 11) is 1.45. The zero-order chi connectivity index (χ0) is 48.3. The molecule has 2 fully saturated rings. The van der Waals surface area contributed by atoms with Crippen LogP contribution in [0.3, 0.4) is 0 Å². The Kier molecular flexibility index (Phi) is 18.6. The smallest absolute Gasteiger partial charge is 0.191 e. The average molecular weight is 947 g/mol. The van der Waals surface area contributed by atoms with Gasteiger partial charge in [-0.1, -0.05) is 115 Å². The molecule has 2 saturated carbocycles. The van der Waals surface area contributed by atoms with Gasteiger partial charge in [-0.15, -0.1) is 0 Å². The second-order valence-electron chi connectivity index (χ2n) is 21.6. The lowest BCUT2D eigenvalue weighted by atomic mass is 9.62. The molecule has 10 nitrogen and oxygen atoms in total. The van der Waals surface area contributed by atoms with Crippen LogP contribution in [0.1, 0.15) is 70.6 Å². The Balaban J connectivity index is 1.67. The lowest BCUT2D eigenvalue weighted by molar-refractivity contribution is -0.175. The van der Waals surface area contributed by atoms with Gasteiger partial charge in [-0.3, -0.25) is 0 Å². The molecule has 66 heavy (non-hydrogen) atoms. The predicted octanol–water partition coefficient (Wildman–Crippen LogP) is 11.8. The van der Waals surface area contributed by atoms with Gasteiger partial charge in [0, 0.05) is 27.2 Å². The van der Waals surface area contributed by atoms with Gasteiger partial charge in [-0.25, -0.2) is 0 Å². The Morgan fingerprint density at radius 3 is 1.95 bits per heavy atom. The number of fused-ring (bicyclic) bond motifs is 2. The van der Waals surface area contributed by atoms with Crippen molar-refractivity contribution in [1.29, 1.82) is 0 Å². The lowest BCUT2D eigenvalue weighted by Gasteiger charge is -2.47. The van der Waals surface area contributed by atoms with Gasteiger partial charge in [-0.05, 0) is 108 Å². The van der Waals surface area contributed by atoms with Crippen LogP contribution in [-0.2, 0) is 52.7 Å². The number of ether oxygens (including phenoxy) is 8. The fraction of sp³-hybridized carbons (Fsp3) is 0.593. The van der Waals surface area contributed by atoms with Crippen LogP contribution in [0.15, 0.2) is 103 Å². The first-order valence-corrected chi connectivity index (χ1v) is 30.4. The van der Waals surface area contributed by atoms with Gasteiger partial charge in [0.25, 0.3) is 0 Å². The van der Waals surface area contributed by atoms with Gasteiger partial charge in [0.1, 0.15) is 29.5 Å². The van der Waals surface area contributed by atoms with Crippen molar-refractivity contribution in [3.8, 4) is 11.5 Å². The average Bonchev–Trinajstić information content (AvgIpc) is 3.61. The van der Waals surface area contributed by atoms with Crippen molar-refractivity contribution in [2.45, 2.75) is 141 Å². The largest absolute Gasteiger partial charge is 0.502 e. The van der Waals surface area contributed by atoms with Crippen LogP contribution in [-0.4, -0.2) is 92.9 Å². The summed E-state index contributed by atoms with van der Waals surface area (Å²) in [5, 5.41) is 13.7. The molecule has 0 unspecified atom stereocenters. The molecule has 2 aliphatic carbocycles. The fourth-order valence-electron chi connectivity index (χ4n) is 9.43. The highest BCUT2D eigenvalue weighted by Gasteiger charge is 2.74. The van der Waals surface area contributed by atoms with Crippen LogP contribution in [0, 0.1) is 16.7 Å². The standard InChI is InChI=1S/C54H82O10Si2/c1-50(2,3)66(12,13)64-33-28-48(61-38-44-21-25-46(58-8)26-22-44)52(63-39-42-17-15-14-16-18-42,40-60-37-43-19-23-45(57-7)24-20-43)30-31-54(55)49(62-41-56-6)47-27-29-53(54,51(47,4)5)32-34-59-35-36-65(9,10)11/h14-26,30-32,34,47-49,55H,27-29,33,35-41H2,1-13H3/b31-30-,34-32-/t47-,48-,49-,52+,53-,54-/m1/s1. The van der Waals surface area contributed by atoms with Crippen LogP contribution in [0.2, 0.25) is 43.8 Å². The summed E-state index contributed by atoms with van der Waals surface area (Å²) in [6.07, 6.45) is 8.84.